The fraction of sp³-hybridized carbons (Fsp3) is 0.409. The number of nitrogens with zero attached hydrogens (tertiary/aromatic N) is 2. The quantitative estimate of drug-likeness (QED) is 0.838. The molecular weight excluding hydrogens is 354 g/mol. The van der Waals surface area contributed by atoms with Crippen molar-refractivity contribution in [2.24, 2.45) is 0 Å². The number of amides is 2. The molecule has 1 aromatic heterocycles. The van der Waals surface area contributed by atoms with Crippen LogP contribution in [0.2, 0.25) is 0 Å². The van der Waals surface area contributed by atoms with Crippen LogP contribution in [0.3, 0.4) is 0 Å². The number of rotatable bonds is 6. The van der Waals surface area contributed by atoms with Crippen LogP contribution in [0.25, 0.3) is 0 Å². The van der Waals surface area contributed by atoms with E-state index >= 15 is 0 Å². The van der Waals surface area contributed by atoms with Gasteiger partial charge in [0.25, 0.3) is 5.91 Å². The van der Waals surface area contributed by atoms with Crippen molar-refractivity contribution in [3.63, 3.8) is 0 Å². The summed E-state index contributed by atoms with van der Waals surface area (Å²) in [5, 5.41) is 3.00. The molecule has 2 heterocycles. The van der Waals surface area contributed by atoms with Gasteiger partial charge in [-0.2, -0.15) is 0 Å². The number of benzene rings is 1. The second-order valence-corrected chi connectivity index (χ2v) is 7.37. The van der Waals surface area contributed by atoms with Gasteiger partial charge in [0.2, 0.25) is 11.8 Å². The average Bonchev–Trinajstić information content (AvgIpc) is 3.34. The molecule has 4 rings (SSSR count). The maximum Gasteiger partial charge on any atom is 0.257 e. The van der Waals surface area contributed by atoms with Gasteiger partial charge in [0.1, 0.15) is 5.56 Å². The van der Waals surface area contributed by atoms with Gasteiger partial charge in [0.15, 0.2) is 0 Å². The molecule has 2 amide bonds. The van der Waals surface area contributed by atoms with Gasteiger partial charge in [-0.3, -0.25) is 9.59 Å². The third kappa shape index (κ3) is 3.72. The molecule has 1 saturated heterocycles. The van der Waals surface area contributed by atoms with Crippen molar-refractivity contribution in [3.8, 4) is 5.88 Å². The lowest BCUT2D eigenvalue weighted by atomic mass is 10.1. The highest BCUT2D eigenvalue weighted by Gasteiger charge is 2.22. The number of carbonyl (C=O) groups excluding carboxylic acids is 2. The summed E-state index contributed by atoms with van der Waals surface area (Å²) >= 11 is 0. The molecule has 6 heteroatoms. The van der Waals surface area contributed by atoms with Crippen molar-refractivity contribution in [2.75, 3.05) is 13.7 Å². The Kier molecular flexibility index (Phi) is 5.28. The van der Waals surface area contributed by atoms with Crippen LogP contribution in [0.15, 0.2) is 30.3 Å². The van der Waals surface area contributed by atoms with Crippen LogP contribution in [-0.4, -0.2) is 35.4 Å². The Morgan fingerprint density at radius 1 is 1.18 bits per heavy atom. The van der Waals surface area contributed by atoms with Crippen LogP contribution in [0, 0.1) is 0 Å². The summed E-state index contributed by atoms with van der Waals surface area (Å²) in [5.41, 5.74) is 4.74. The number of hydrogen-bond acceptors (Lipinski definition) is 4. The Balaban J connectivity index is 1.48. The molecular formula is C22H25N3O3. The molecule has 2 aliphatic rings. The van der Waals surface area contributed by atoms with E-state index in [0.29, 0.717) is 31.0 Å². The molecule has 28 heavy (non-hydrogen) atoms. The molecule has 1 aliphatic heterocycles. The standard InChI is InChI=1S/C22H25N3O3/c1-28-22-18(12-15-8-4-9-19(15)24-22)21(27)23-13-16-6-2-3-7-17(16)14-25-11-5-10-20(25)26/h2-3,6-7,12H,4-5,8-11,13-14H2,1H3,(H,23,27). The topological polar surface area (TPSA) is 71.5 Å². The van der Waals surface area contributed by atoms with E-state index in [-0.39, 0.29) is 11.8 Å². The van der Waals surface area contributed by atoms with Gasteiger partial charge in [-0.25, -0.2) is 4.98 Å². The van der Waals surface area contributed by atoms with Crippen molar-refractivity contribution in [1.29, 1.82) is 0 Å². The third-order valence-electron chi connectivity index (χ3n) is 5.54. The normalized spacial score (nSPS) is 15.6. The van der Waals surface area contributed by atoms with Crippen molar-refractivity contribution >= 4 is 11.8 Å². The largest absolute Gasteiger partial charge is 0.480 e. The summed E-state index contributed by atoms with van der Waals surface area (Å²) in [4.78, 5) is 31.1. The number of nitrogens with one attached hydrogen (secondary N) is 1. The Bertz CT molecular complexity index is 910. The maximum absolute atomic E-state index is 12.8. The van der Waals surface area contributed by atoms with E-state index < -0.39 is 0 Å². The van der Waals surface area contributed by atoms with Crippen molar-refractivity contribution in [2.45, 2.75) is 45.2 Å². The third-order valence-corrected chi connectivity index (χ3v) is 5.54. The molecule has 146 valence electrons. The Morgan fingerprint density at radius 2 is 2.00 bits per heavy atom. The number of methoxy groups -OCH3 is 1. The van der Waals surface area contributed by atoms with E-state index in [4.69, 9.17) is 4.74 Å². The van der Waals surface area contributed by atoms with Crippen LogP contribution in [0.4, 0.5) is 0 Å². The highest BCUT2D eigenvalue weighted by atomic mass is 16.5. The number of fused-ring (bicyclic) bond motifs is 1. The first-order chi connectivity index (χ1) is 13.7. The Hall–Kier alpha value is -2.89. The number of ether oxygens (including phenoxy) is 1. The fourth-order valence-electron chi connectivity index (χ4n) is 4.00. The van der Waals surface area contributed by atoms with Crippen LogP contribution < -0.4 is 10.1 Å². The van der Waals surface area contributed by atoms with E-state index in [1.807, 2.05) is 35.2 Å². The number of aryl methyl sites for hydroxylation is 2. The summed E-state index contributed by atoms with van der Waals surface area (Å²) < 4.78 is 5.35. The monoisotopic (exact) mass is 379 g/mol. The van der Waals surface area contributed by atoms with Gasteiger partial charge in [0, 0.05) is 31.7 Å². The lowest BCUT2D eigenvalue weighted by Gasteiger charge is -2.18. The fourth-order valence-corrected chi connectivity index (χ4v) is 4.00. The van der Waals surface area contributed by atoms with Crippen molar-refractivity contribution in [1.82, 2.24) is 15.2 Å². The molecule has 0 saturated carbocycles. The second kappa shape index (κ2) is 8.00. The van der Waals surface area contributed by atoms with Gasteiger partial charge < -0.3 is 15.0 Å². The highest BCUT2D eigenvalue weighted by Crippen LogP contribution is 2.26. The predicted molar refractivity (Wildman–Crippen MR) is 105 cm³/mol. The molecule has 1 N–H and O–H groups in total. The minimum absolute atomic E-state index is 0.189. The molecule has 0 bridgehead atoms. The van der Waals surface area contributed by atoms with E-state index in [2.05, 4.69) is 10.3 Å². The summed E-state index contributed by atoms with van der Waals surface area (Å²) in [7, 11) is 1.54. The van der Waals surface area contributed by atoms with Gasteiger partial charge in [0.05, 0.1) is 7.11 Å². The van der Waals surface area contributed by atoms with Crippen LogP contribution in [0.1, 0.15) is 52.0 Å². The lowest BCUT2D eigenvalue weighted by Crippen LogP contribution is -2.27. The van der Waals surface area contributed by atoms with E-state index in [1.54, 1.807) is 7.11 Å². The molecule has 1 aromatic carbocycles. The molecule has 2 aromatic rings. The number of likely N-dealkylation sites (tertiary alicyclic amines) is 1. The molecule has 0 radical (unpaired) electrons. The minimum Gasteiger partial charge on any atom is -0.480 e. The molecule has 1 fully saturated rings. The first-order valence-corrected chi connectivity index (χ1v) is 9.85. The molecule has 1 aliphatic carbocycles. The number of carbonyl (C=O) groups is 2. The summed E-state index contributed by atoms with van der Waals surface area (Å²) in [6.07, 6.45) is 4.52. The summed E-state index contributed by atoms with van der Waals surface area (Å²) in [5.74, 6) is 0.396. The van der Waals surface area contributed by atoms with Crippen molar-refractivity contribution in [3.05, 3.63) is 58.3 Å². The van der Waals surface area contributed by atoms with Gasteiger partial charge in [-0.05, 0) is 48.4 Å². The zero-order valence-electron chi connectivity index (χ0n) is 16.2. The zero-order chi connectivity index (χ0) is 19.5. The van der Waals surface area contributed by atoms with E-state index in [9.17, 15) is 9.59 Å². The second-order valence-electron chi connectivity index (χ2n) is 7.37. The number of hydrogen-bond donors (Lipinski definition) is 1. The molecule has 0 spiro atoms. The number of aromatic nitrogens is 1. The van der Waals surface area contributed by atoms with Crippen LogP contribution in [-0.2, 0) is 30.7 Å². The first kappa shape index (κ1) is 18.5. The predicted octanol–water partition coefficient (Wildman–Crippen LogP) is 2.63. The van der Waals surface area contributed by atoms with Crippen molar-refractivity contribution < 1.29 is 14.3 Å². The smallest absolute Gasteiger partial charge is 0.257 e. The molecule has 6 nitrogen and oxygen atoms in total. The number of pyridine rings is 1. The molecule has 0 unspecified atom stereocenters. The SMILES string of the molecule is COc1nc2c(cc1C(=O)NCc1ccccc1CN1CCCC1=O)CCC2. The maximum atomic E-state index is 12.8. The van der Waals surface area contributed by atoms with Gasteiger partial charge in [-0.1, -0.05) is 24.3 Å². The summed E-state index contributed by atoms with van der Waals surface area (Å²) in [6, 6.07) is 9.85. The first-order valence-electron chi connectivity index (χ1n) is 9.85. The summed E-state index contributed by atoms with van der Waals surface area (Å²) in [6.45, 7) is 1.80. The average molecular weight is 379 g/mol. The van der Waals surface area contributed by atoms with Crippen LogP contribution >= 0.6 is 0 Å². The molecule has 0 atom stereocenters. The van der Waals surface area contributed by atoms with Gasteiger partial charge >= 0.3 is 0 Å². The van der Waals surface area contributed by atoms with E-state index in [1.165, 1.54) is 0 Å². The highest BCUT2D eigenvalue weighted by molar-refractivity contribution is 5.96. The van der Waals surface area contributed by atoms with Crippen LogP contribution in [0.5, 0.6) is 5.88 Å². The minimum atomic E-state index is -0.189. The Labute approximate surface area is 164 Å². The lowest BCUT2D eigenvalue weighted by molar-refractivity contribution is -0.128. The zero-order valence-corrected chi connectivity index (χ0v) is 16.2. The van der Waals surface area contributed by atoms with Gasteiger partial charge in [-0.15, -0.1) is 0 Å². The van der Waals surface area contributed by atoms with E-state index in [0.717, 1.165) is 54.6 Å². The Morgan fingerprint density at radius 3 is 2.75 bits per heavy atom.